The van der Waals surface area contributed by atoms with Gasteiger partial charge >= 0.3 is 0 Å². The third-order valence-electron chi connectivity index (χ3n) is 3.39. The van der Waals surface area contributed by atoms with Gasteiger partial charge < -0.3 is 5.73 Å². The van der Waals surface area contributed by atoms with E-state index in [2.05, 4.69) is 4.90 Å². The highest BCUT2D eigenvalue weighted by molar-refractivity contribution is 4.88. The van der Waals surface area contributed by atoms with E-state index in [0.29, 0.717) is 6.04 Å². The summed E-state index contributed by atoms with van der Waals surface area (Å²) in [4.78, 5) is 2.63. The SMILES string of the molecule is NC1CCCN2CCCCCC12. The maximum Gasteiger partial charge on any atom is 0.0247 e. The maximum atomic E-state index is 6.12. The lowest BCUT2D eigenvalue weighted by Gasteiger charge is -2.38. The number of hydrogen-bond acceptors (Lipinski definition) is 2. The van der Waals surface area contributed by atoms with Crippen LogP contribution < -0.4 is 5.73 Å². The minimum absolute atomic E-state index is 0.469. The van der Waals surface area contributed by atoms with E-state index in [0.717, 1.165) is 6.04 Å². The molecule has 2 heterocycles. The second-order valence-corrected chi connectivity index (χ2v) is 4.26. The van der Waals surface area contributed by atoms with E-state index in [1.165, 1.54) is 51.6 Å². The van der Waals surface area contributed by atoms with Crippen LogP contribution in [0.1, 0.15) is 38.5 Å². The molecule has 0 spiro atoms. The van der Waals surface area contributed by atoms with Crippen molar-refractivity contribution in [1.82, 2.24) is 4.90 Å². The fraction of sp³-hybridized carbons (Fsp3) is 1.00. The van der Waals surface area contributed by atoms with Crippen LogP contribution in [0, 0.1) is 0 Å². The van der Waals surface area contributed by atoms with Crippen molar-refractivity contribution < 1.29 is 0 Å². The number of hydrogen-bond donors (Lipinski definition) is 1. The van der Waals surface area contributed by atoms with Crippen LogP contribution >= 0.6 is 0 Å². The van der Waals surface area contributed by atoms with Crippen molar-refractivity contribution in [2.45, 2.75) is 50.6 Å². The van der Waals surface area contributed by atoms with Crippen LogP contribution in [0.5, 0.6) is 0 Å². The molecular formula is C10H20N2. The van der Waals surface area contributed by atoms with Crippen LogP contribution in [0.15, 0.2) is 0 Å². The Morgan fingerprint density at radius 2 is 1.75 bits per heavy atom. The van der Waals surface area contributed by atoms with Gasteiger partial charge in [-0.05, 0) is 38.8 Å². The van der Waals surface area contributed by atoms with Gasteiger partial charge in [0.25, 0.3) is 0 Å². The molecule has 2 heteroatoms. The van der Waals surface area contributed by atoms with Crippen LogP contribution in [0.2, 0.25) is 0 Å². The summed E-state index contributed by atoms with van der Waals surface area (Å²) >= 11 is 0. The molecule has 0 aliphatic carbocycles. The predicted molar refractivity (Wildman–Crippen MR) is 51.0 cm³/mol. The lowest BCUT2D eigenvalue weighted by molar-refractivity contribution is 0.131. The topological polar surface area (TPSA) is 29.3 Å². The lowest BCUT2D eigenvalue weighted by Crippen LogP contribution is -2.51. The fourth-order valence-corrected chi connectivity index (χ4v) is 2.68. The van der Waals surface area contributed by atoms with Gasteiger partial charge in [-0.3, -0.25) is 4.90 Å². The zero-order valence-corrected chi connectivity index (χ0v) is 7.84. The molecular weight excluding hydrogens is 148 g/mol. The highest BCUT2D eigenvalue weighted by Crippen LogP contribution is 2.24. The molecule has 0 aromatic heterocycles. The summed E-state index contributed by atoms with van der Waals surface area (Å²) < 4.78 is 0. The Bertz CT molecular complexity index is 147. The number of nitrogens with zero attached hydrogens (tertiary/aromatic N) is 1. The zero-order chi connectivity index (χ0) is 8.39. The molecule has 2 saturated heterocycles. The first-order valence-corrected chi connectivity index (χ1v) is 5.37. The van der Waals surface area contributed by atoms with Gasteiger partial charge in [0.15, 0.2) is 0 Å². The molecule has 0 bridgehead atoms. The van der Waals surface area contributed by atoms with E-state index in [4.69, 9.17) is 5.73 Å². The molecule has 2 aliphatic heterocycles. The molecule has 2 aliphatic rings. The molecule has 70 valence electrons. The molecule has 2 nitrogen and oxygen atoms in total. The minimum atomic E-state index is 0.469. The van der Waals surface area contributed by atoms with E-state index in [9.17, 15) is 0 Å². The molecule has 0 amide bonds. The Labute approximate surface area is 75.1 Å². The summed E-state index contributed by atoms with van der Waals surface area (Å²) in [5, 5.41) is 0. The molecule has 12 heavy (non-hydrogen) atoms. The van der Waals surface area contributed by atoms with Gasteiger partial charge in [0.1, 0.15) is 0 Å². The Morgan fingerprint density at radius 1 is 0.917 bits per heavy atom. The number of piperidine rings is 1. The molecule has 2 fully saturated rings. The molecule has 0 radical (unpaired) electrons. The van der Waals surface area contributed by atoms with Crippen molar-refractivity contribution in [3.05, 3.63) is 0 Å². The summed E-state index contributed by atoms with van der Waals surface area (Å²) in [5.41, 5.74) is 6.12. The van der Waals surface area contributed by atoms with Crippen molar-refractivity contribution in [3.8, 4) is 0 Å². The van der Waals surface area contributed by atoms with Crippen molar-refractivity contribution in [2.24, 2.45) is 5.73 Å². The first-order valence-electron chi connectivity index (χ1n) is 5.37. The molecule has 2 atom stereocenters. The average Bonchev–Trinajstić information content (AvgIpc) is 2.30. The zero-order valence-electron chi connectivity index (χ0n) is 7.84. The van der Waals surface area contributed by atoms with Gasteiger partial charge in [0.2, 0.25) is 0 Å². The van der Waals surface area contributed by atoms with Crippen molar-refractivity contribution in [3.63, 3.8) is 0 Å². The lowest BCUT2D eigenvalue weighted by atomic mass is 9.94. The summed E-state index contributed by atoms with van der Waals surface area (Å²) in [7, 11) is 0. The second-order valence-electron chi connectivity index (χ2n) is 4.26. The average molecular weight is 168 g/mol. The van der Waals surface area contributed by atoms with Gasteiger partial charge in [0.05, 0.1) is 0 Å². The molecule has 2 unspecified atom stereocenters. The van der Waals surface area contributed by atoms with E-state index in [1.807, 2.05) is 0 Å². The highest BCUT2D eigenvalue weighted by atomic mass is 15.2. The van der Waals surface area contributed by atoms with Gasteiger partial charge in [-0.2, -0.15) is 0 Å². The van der Waals surface area contributed by atoms with E-state index < -0.39 is 0 Å². The van der Waals surface area contributed by atoms with Crippen molar-refractivity contribution >= 4 is 0 Å². The van der Waals surface area contributed by atoms with Crippen LogP contribution in [0.25, 0.3) is 0 Å². The third kappa shape index (κ3) is 1.64. The molecule has 0 saturated carbocycles. The third-order valence-corrected chi connectivity index (χ3v) is 3.39. The normalized spacial score (nSPS) is 38.8. The smallest absolute Gasteiger partial charge is 0.0247 e. The van der Waals surface area contributed by atoms with Crippen LogP contribution in [0.3, 0.4) is 0 Å². The van der Waals surface area contributed by atoms with E-state index >= 15 is 0 Å². The number of rotatable bonds is 0. The van der Waals surface area contributed by atoms with Gasteiger partial charge in [-0.25, -0.2) is 0 Å². The van der Waals surface area contributed by atoms with Crippen molar-refractivity contribution in [1.29, 1.82) is 0 Å². The van der Waals surface area contributed by atoms with Crippen LogP contribution in [-0.4, -0.2) is 30.1 Å². The van der Waals surface area contributed by atoms with Gasteiger partial charge in [-0.15, -0.1) is 0 Å². The molecule has 0 aromatic carbocycles. The fourth-order valence-electron chi connectivity index (χ4n) is 2.68. The first kappa shape index (κ1) is 8.52. The molecule has 2 N–H and O–H groups in total. The Balaban J connectivity index is 2.00. The second kappa shape index (κ2) is 3.75. The van der Waals surface area contributed by atoms with Gasteiger partial charge in [0, 0.05) is 12.1 Å². The summed E-state index contributed by atoms with van der Waals surface area (Å²) in [6, 6.07) is 1.19. The monoisotopic (exact) mass is 168 g/mol. The predicted octanol–water partition coefficient (Wildman–Crippen LogP) is 1.35. The van der Waals surface area contributed by atoms with Crippen LogP contribution in [0.4, 0.5) is 0 Å². The van der Waals surface area contributed by atoms with E-state index in [1.54, 1.807) is 0 Å². The number of nitrogens with two attached hydrogens (primary N) is 1. The minimum Gasteiger partial charge on any atom is -0.326 e. The largest absolute Gasteiger partial charge is 0.326 e. The standard InChI is InChI=1S/C10H20N2/c11-9-5-4-8-12-7-3-1-2-6-10(9)12/h9-10H,1-8,11H2. The Morgan fingerprint density at radius 3 is 2.67 bits per heavy atom. The summed E-state index contributed by atoms with van der Waals surface area (Å²) in [5.74, 6) is 0. The van der Waals surface area contributed by atoms with Gasteiger partial charge in [-0.1, -0.05) is 12.8 Å². The highest BCUT2D eigenvalue weighted by Gasteiger charge is 2.29. The molecule has 2 rings (SSSR count). The summed E-state index contributed by atoms with van der Waals surface area (Å²) in [6.45, 7) is 2.61. The molecule has 0 aromatic rings. The van der Waals surface area contributed by atoms with Crippen molar-refractivity contribution in [2.75, 3.05) is 13.1 Å². The summed E-state index contributed by atoms with van der Waals surface area (Å²) in [6.07, 6.45) is 8.12. The van der Waals surface area contributed by atoms with E-state index in [-0.39, 0.29) is 0 Å². The Hall–Kier alpha value is -0.0800. The maximum absolute atomic E-state index is 6.12. The Kier molecular flexibility index (Phi) is 2.66. The first-order chi connectivity index (χ1) is 5.88. The quantitative estimate of drug-likeness (QED) is 0.591. The number of fused-ring (bicyclic) bond motifs is 1. The van der Waals surface area contributed by atoms with Crippen LogP contribution in [-0.2, 0) is 0 Å².